The zero-order valence-electron chi connectivity index (χ0n) is 17.7. The summed E-state index contributed by atoms with van der Waals surface area (Å²) in [7, 11) is 0. The lowest BCUT2D eigenvalue weighted by atomic mass is 9.95. The number of benzene rings is 2. The second-order valence-corrected chi connectivity index (χ2v) is 7.45. The minimum atomic E-state index is -0.857. The third-order valence-electron chi connectivity index (χ3n) is 5.52. The van der Waals surface area contributed by atoms with E-state index in [-0.39, 0.29) is 18.1 Å². The van der Waals surface area contributed by atoms with Crippen molar-refractivity contribution >= 4 is 23.1 Å². The average Bonchev–Trinajstić information content (AvgIpc) is 3.41. The highest BCUT2D eigenvalue weighted by atomic mass is 16.7. The van der Waals surface area contributed by atoms with Gasteiger partial charge >= 0.3 is 0 Å². The molecule has 2 aliphatic heterocycles. The van der Waals surface area contributed by atoms with E-state index in [9.17, 15) is 14.7 Å². The van der Waals surface area contributed by atoms with Crippen LogP contribution in [-0.2, 0) is 9.59 Å². The molecule has 1 fully saturated rings. The molecular weight excluding hydrogens is 424 g/mol. The molecule has 3 heterocycles. The first-order valence-electron chi connectivity index (χ1n) is 10.4. The molecule has 8 nitrogen and oxygen atoms in total. The second kappa shape index (κ2) is 8.31. The number of fused-ring (bicyclic) bond motifs is 1. The molecule has 0 bridgehead atoms. The summed E-state index contributed by atoms with van der Waals surface area (Å²) in [6, 6.07) is 14.4. The van der Waals surface area contributed by atoms with Crippen LogP contribution in [0.25, 0.3) is 5.76 Å². The van der Waals surface area contributed by atoms with Gasteiger partial charge in [0.1, 0.15) is 11.5 Å². The Hall–Kier alpha value is -4.33. The Morgan fingerprint density at radius 1 is 1.09 bits per heavy atom. The SMILES string of the molecule is CCOc1cccc(/C(O)=C2\C(=O)C(=O)N(c3ccc4c(c3)OCO4)C2c2ccncc2)c1. The number of hydrogen-bond acceptors (Lipinski definition) is 7. The first-order chi connectivity index (χ1) is 16.1. The molecule has 1 amide bonds. The number of nitrogens with zero attached hydrogens (tertiary/aromatic N) is 2. The van der Waals surface area contributed by atoms with E-state index in [4.69, 9.17) is 14.2 Å². The van der Waals surface area contributed by atoms with Crippen molar-refractivity contribution in [2.45, 2.75) is 13.0 Å². The number of rotatable bonds is 5. The van der Waals surface area contributed by atoms with Crippen LogP contribution in [0.2, 0.25) is 0 Å². The van der Waals surface area contributed by atoms with E-state index in [2.05, 4.69) is 4.98 Å². The van der Waals surface area contributed by atoms with Gasteiger partial charge in [0.25, 0.3) is 11.7 Å². The van der Waals surface area contributed by atoms with Gasteiger partial charge in [0.05, 0.1) is 18.2 Å². The van der Waals surface area contributed by atoms with Gasteiger partial charge < -0.3 is 19.3 Å². The first-order valence-corrected chi connectivity index (χ1v) is 10.4. The van der Waals surface area contributed by atoms with Gasteiger partial charge in [-0.05, 0) is 48.9 Å². The van der Waals surface area contributed by atoms with Crippen molar-refractivity contribution in [3.05, 3.63) is 83.7 Å². The standard InChI is InChI=1S/C25H20N2O6/c1-2-31-18-5-3-4-16(12-18)23(28)21-22(15-8-10-26-11-9-15)27(25(30)24(21)29)17-6-7-19-20(13-17)33-14-32-19/h3-13,22,28H,2,14H2,1H3/b23-21+. The Morgan fingerprint density at radius 3 is 2.67 bits per heavy atom. The van der Waals surface area contributed by atoms with Crippen LogP contribution >= 0.6 is 0 Å². The number of Topliss-reactive ketones (excluding diaryl/α,β-unsaturated/α-hetero) is 1. The molecular formula is C25H20N2O6. The minimum absolute atomic E-state index is 0.0162. The van der Waals surface area contributed by atoms with Crippen LogP contribution in [0.1, 0.15) is 24.1 Å². The molecule has 3 aromatic rings. The van der Waals surface area contributed by atoms with Gasteiger partial charge in [-0.2, -0.15) is 0 Å². The summed E-state index contributed by atoms with van der Waals surface area (Å²) < 4.78 is 16.3. The van der Waals surface area contributed by atoms with E-state index >= 15 is 0 Å². The van der Waals surface area contributed by atoms with Gasteiger partial charge in [-0.15, -0.1) is 0 Å². The molecule has 33 heavy (non-hydrogen) atoms. The number of carbonyl (C=O) groups is 2. The summed E-state index contributed by atoms with van der Waals surface area (Å²) in [6.07, 6.45) is 3.15. The van der Waals surface area contributed by atoms with E-state index in [1.165, 1.54) is 4.90 Å². The maximum Gasteiger partial charge on any atom is 0.300 e. The number of amides is 1. The number of aromatic nitrogens is 1. The summed E-state index contributed by atoms with van der Waals surface area (Å²) in [6.45, 7) is 2.39. The summed E-state index contributed by atoms with van der Waals surface area (Å²) >= 11 is 0. The topological polar surface area (TPSA) is 98.2 Å². The number of aliphatic hydroxyl groups excluding tert-OH is 1. The van der Waals surface area contributed by atoms with E-state index in [1.54, 1.807) is 67.0 Å². The van der Waals surface area contributed by atoms with Crippen molar-refractivity contribution in [1.29, 1.82) is 0 Å². The quantitative estimate of drug-likeness (QED) is 0.363. The monoisotopic (exact) mass is 444 g/mol. The Kier molecular flexibility index (Phi) is 5.18. The molecule has 8 heteroatoms. The lowest BCUT2D eigenvalue weighted by Gasteiger charge is -2.25. The molecule has 1 N–H and O–H groups in total. The average molecular weight is 444 g/mol. The van der Waals surface area contributed by atoms with Crippen molar-refractivity contribution in [3.8, 4) is 17.2 Å². The van der Waals surface area contributed by atoms with E-state index in [0.717, 1.165) is 0 Å². The molecule has 2 aromatic carbocycles. The number of aliphatic hydroxyl groups is 1. The molecule has 0 aliphatic carbocycles. The molecule has 5 rings (SSSR count). The highest BCUT2D eigenvalue weighted by Crippen LogP contribution is 2.44. The van der Waals surface area contributed by atoms with Gasteiger partial charge in [-0.3, -0.25) is 19.5 Å². The highest BCUT2D eigenvalue weighted by molar-refractivity contribution is 6.51. The summed E-state index contributed by atoms with van der Waals surface area (Å²) in [4.78, 5) is 31.8. The summed E-state index contributed by atoms with van der Waals surface area (Å²) in [5, 5.41) is 11.2. The van der Waals surface area contributed by atoms with Crippen molar-refractivity contribution in [3.63, 3.8) is 0 Å². The Bertz CT molecular complexity index is 1270. The molecule has 1 aromatic heterocycles. The van der Waals surface area contributed by atoms with Crippen LogP contribution in [0, 0.1) is 0 Å². The predicted octanol–water partition coefficient (Wildman–Crippen LogP) is 3.84. The molecule has 1 saturated heterocycles. The van der Waals surface area contributed by atoms with E-state index in [1.807, 2.05) is 6.92 Å². The maximum absolute atomic E-state index is 13.2. The number of pyridine rings is 1. The van der Waals surface area contributed by atoms with Crippen LogP contribution in [0.3, 0.4) is 0 Å². The zero-order valence-corrected chi connectivity index (χ0v) is 17.7. The van der Waals surface area contributed by atoms with Gasteiger partial charge in [-0.25, -0.2) is 0 Å². The fraction of sp³-hybridized carbons (Fsp3) is 0.160. The van der Waals surface area contributed by atoms with Gasteiger partial charge in [0, 0.05) is 29.7 Å². The van der Waals surface area contributed by atoms with Gasteiger partial charge in [0.2, 0.25) is 6.79 Å². The highest BCUT2D eigenvalue weighted by Gasteiger charge is 2.47. The van der Waals surface area contributed by atoms with Gasteiger partial charge in [0.15, 0.2) is 11.5 Å². The van der Waals surface area contributed by atoms with Crippen LogP contribution in [-0.4, -0.2) is 35.2 Å². The molecule has 1 unspecified atom stereocenters. The Labute approximate surface area is 189 Å². The van der Waals surface area contributed by atoms with Crippen molar-refractivity contribution < 1.29 is 28.9 Å². The number of ether oxygens (including phenoxy) is 3. The second-order valence-electron chi connectivity index (χ2n) is 7.45. The molecule has 0 saturated carbocycles. The first kappa shape index (κ1) is 20.6. The summed E-state index contributed by atoms with van der Waals surface area (Å²) in [5.41, 5.74) is 1.44. The van der Waals surface area contributed by atoms with Crippen LogP contribution < -0.4 is 19.1 Å². The fourth-order valence-corrected chi connectivity index (χ4v) is 4.05. The lowest BCUT2D eigenvalue weighted by molar-refractivity contribution is -0.132. The number of ketones is 1. The van der Waals surface area contributed by atoms with E-state index in [0.29, 0.717) is 40.7 Å². The Balaban J connectivity index is 1.67. The lowest BCUT2D eigenvalue weighted by Crippen LogP contribution is -2.29. The smallest absolute Gasteiger partial charge is 0.300 e. The van der Waals surface area contributed by atoms with E-state index < -0.39 is 17.7 Å². The number of hydrogen-bond donors (Lipinski definition) is 1. The molecule has 0 spiro atoms. The number of anilines is 1. The molecule has 0 radical (unpaired) electrons. The zero-order chi connectivity index (χ0) is 22.9. The molecule has 2 aliphatic rings. The van der Waals surface area contributed by atoms with Crippen molar-refractivity contribution in [2.24, 2.45) is 0 Å². The van der Waals surface area contributed by atoms with Crippen LogP contribution in [0.15, 0.2) is 72.6 Å². The Morgan fingerprint density at radius 2 is 1.88 bits per heavy atom. The predicted molar refractivity (Wildman–Crippen MR) is 119 cm³/mol. The normalized spacial score (nSPS) is 18.6. The fourth-order valence-electron chi connectivity index (χ4n) is 4.05. The van der Waals surface area contributed by atoms with Gasteiger partial charge in [-0.1, -0.05) is 12.1 Å². The number of carbonyl (C=O) groups excluding carboxylic acids is 2. The maximum atomic E-state index is 13.2. The van der Waals surface area contributed by atoms with Crippen molar-refractivity contribution in [1.82, 2.24) is 4.98 Å². The van der Waals surface area contributed by atoms with Crippen LogP contribution in [0.5, 0.6) is 17.2 Å². The largest absolute Gasteiger partial charge is 0.507 e. The third kappa shape index (κ3) is 3.55. The van der Waals surface area contributed by atoms with Crippen LogP contribution in [0.4, 0.5) is 5.69 Å². The van der Waals surface area contributed by atoms with Crippen molar-refractivity contribution in [2.75, 3.05) is 18.3 Å². The summed E-state index contributed by atoms with van der Waals surface area (Å²) in [5.74, 6) is -0.227. The minimum Gasteiger partial charge on any atom is -0.507 e. The third-order valence-corrected chi connectivity index (χ3v) is 5.52. The molecule has 166 valence electrons. The molecule has 1 atom stereocenters.